The largest absolute Gasteiger partial charge is 0.455 e. The molecule has 0 saturated carbocycles. The Morgan fingerprint density at radius 2 is 0.830 bits per heavy atom. The van der Waals surface area contributed by atoms with Crippen molar-refractivity contribution < 1.29 is 4.42 Å². The van der Waals surface area contributed by atoms with Crippen LogP contribution >= 0.6 is 0 Å². The molecule has 10 aromatic carbocycles. The van der Waals surface area contributed by atoms with E-state index in [0.717, 1.165) is 38.5 Å². The van der Waals surface area contributed by atoms with E-state index in [1.54, 1.807) is 0 Å². The standard InChI is InChI=1S/C52H32O/c1-2-14-33(15-3-1)38-31-47(51-46-29-28-35-17-5-7-22-41(35)52(46)53-48(51)32-38)50-44-25-10-8-23-42(44)49(43-24-9-11-26-45(43)50)37-20-12-19-36(30-37)40-27-13-18-34-16-4-6-21-39(34)40/h1-32H. The van der Waals surface area contributed by atoms with Crippen molar-refractivity contribution in [2.45, 2.75) is 0 Å². The molecule has 0 saturated heterocycles. The fourth-order valence-corrected chi connectivity index (χ4v) is 8.68. The lowest BCUT2D eigenvalue weighted by Gasteiger charge is -2.19. The summed E-state index contributed by atoms with van der Waals surface area (Å²) in [7, 11) is 0. The highest BCUT2D eigenvalue weighted by atomic mass is 16.3. The highest BCUT2D eigenvalue weighted by Gasteiger charge is 2.22. The molecule has 1 heterocycles. The van der Waals surface area contributed by atoms with Gasteiger partial charge in [0, 0.05) is 16.2 Å². The van der Waals surface area contributed by atoms with Gasteiger partial charge >= 0.3 is 0 Å². The number of fused-ring (bicyclic) bond motifs is 8. The maximum absolute atomic E-state index is 6.89. The predicted molar refractivity (Wildman–Crippen MR) is 225 cm³/mol. The summed E-state index contributed by atoms with van der Waals surface area (Å²) >= 11 is 0. The van der Waals surface area contributed by atoms with Gasteiger partial charge < -0.3 is 4.42 Å². The summed E-state index contributed by atoms with van der Waals surface area (Å²) in [5, 5.41) is 12.0. The van der Waals surface area contributed by atoms with Crippen molar-refractivity contribution in [3.05, 3.63) is 194 Å². The van der Waals surface area contributed by atoms with Crippen LogP contribution < -0.4 is 0 Å². The number of hydrogen-bond donors (Lipinski definition) is 0. The third-order valence-corrected chi connectivity index (χ3v) is 11.0. The van der Waals surface area contributed by atoms with Gasteiger partial charge in [-0.15, -0.1) is 0 Å². The summed E-state index contributed by atoms with van der Waals surface area (Å²) in [4.78, 5) is 0. The molecule has 11 aromatic rings. The minimum Gasteiger partial charge on any atom is -0.455 e. The second kappa shape index (κ2) is 11.8. The summed E-state index contributed by atoms with van der Waals surface area (Å²) in [5.74, 6) is 0. The highest BCUT2D eigenvalue weighted by Crippen LogP contribution is 2.49. The Balaban J connectivity index is 1.24. The van der Waals surface area contributed by atoms with Crippen LogP contribution in [0.2, 0.25) is 0 Å². The van der Waals surface area contributed by atoms with Crippen LogP contribution in [0.5, 0.6) is 0 Å². The van der Waals surface area contributed by atoms with E-state index < -0.39 is 0 Å². The molecule has 1 aromatic heterocycles. The molecule has 53 heavy (non-hydrogen) atoms. The highest BCUT2D eigenvalue weighted by molar-refractivity contribution is 6.27. The minimum absolute atomic E-state index is 0.896. The van der Waals surface area contributed by atoms with E-state index in [1.165, 1.54) is 71.1 Å². The Morgan fingerprint density at radius 3 is 1.57 bits per heavy atom. The maximum Gasteiger partial charge on any atom is 0.143 e. The predicted octanol–water partition coefficient (Wildman–Crippen LogP) is 14.9. The average Bonchev–Trinajstić information content (AvgIpc) is 3.62. The number of benzene rings is 10. The molecule has 0 bridgehead atoms. The molecule has 246 valence electrons. The van der Waals surface area contributed by atoms with Crippen LogP contribution in [0.3, 0.4) is 0 Å². The van der Waals surface area contributed by atoms with E-state index >= 15 is 0 Å². The molecule has 0 amide bonds. The van der Waals surface area contributed by atoms with Gasteiger partial charge in [-0.05, 0) is 106 Å². The molecule has 11 rings (SSSR count). The Hall–Kier alpha value is -6.96. The number of hydrogen-bond acceptors (Lipinski definition) is 1. The lowest BCUT2D eigenvalue weighted by Crippen LogP contribution is -1.92. The van der Waals surface area contributed by atoms with E-state index in [0.29, 0.717) is 0 Å². The van der Waals surface area contributed by atoms with Gasteiger partial charge in [-0.1, -0.05) is 170 Å². The lowest BCUT2D eigenvalue weighted by molar-refractivity contribution is 0.673. The molecule has 0 radical (unpaired) electrons. The van der Waals surface area contributed by atoms with Gasteiger partial charge in [0.25, 0.3) is 0 Å². The van der Waals surface area contributed by atoms with Crippen LogP contribution in [0, 0.1) is 0 Å². The number of rotatable bonds is 4. The van der Waals surface area contributed by atoms with E-state index in [9.17, 15) is 0 Å². The summed E-state index contributed by atoms with van der Waals surface area (Å²) in [6.07, 6.45) is 0. The van der Waals surface area contributed by atoms with Gasteiger partial charge in [0.15, 0.2) is 0 Å². The van der Waals surface area contributed by atoms with E-state index in [-0.39, 0.29) is 0 Å². The van der Waals surface area contributed by atoms with Crippen molar-refractivity contribution in [1.29, 1.82) is 0 Å². The van der Waals surface area contributed by atoms with Crippen LogP contribution in [-0.4, -0.2) is 0 Å². The summed E-state index contributed by atoms with van der Waals surface area (Å²) in [6, 6.07) is 70.5. The molecular weight excluding hydrogens is 641 g/mol. The van der Waals surface area contributed by atoms with Crippen molar-refractivity contribution in [2.75, 3.05) is 0 Å². The normalized spacial score (nSPS) is 11.8. The molecule has 0 aliphatic heterocycles. The minimum atomic E-state index is 0.896. The van der Waals surface area contributed by atoms with Crippen LogP contribution in [0.15, 0.2) is 199 Å². The second-order valence-corrected chi connectivity index (χ2v) is 14.0. The van der Waals surface area contributed by atoms with E-state index in [2.05, 4.69) is 194 Å². The molecule has 0 aliphatic carbocycles. The quantitative estimate of drug-likeness (QED) is 0.170. The first-order valence-corrected chi connectivity index (χ1v) is 18.3. The van der Waals surface area contributed by atoms with Gasteiger partial charge in [-0.3, -0.25) is 0 Å². The Bertz CT molecular complexity index is 3160. The zero-order valence-electron chi connectivity index (χ0n) is 28.9. The van der Waals surface area contributed by atoms with Crippen molar-refractivity contribution in [1.82, 2.24) is 0 Å². The lowest BCUT2D eigenvalue weighted by atomic mass is 9.83. The topological polar surface area (TPSA) is 13.1 Å². The average molecular weight is 673 g/mol. The van der Waals surface area contributed by atoms with Crippen molar-refractivity contribution in [3.63, 3.8) is 0 Å². The fourth-order valence-electron chi connectivity index (χ4n) is 8.68. The maximum atomic E-state index is 6.89. The monoisotopic (exact) mass is 672 g/mol. The first kappa shape index (κ1) is 29.7. The molecular formula is C52H32O. The molecule has 1 heteroatoms. The fraction of sp³-hybridized carbons (Fsp3) is 0. The second-order valence-electron chi connectivity index (χ2n) is 14.0. The van der Waals surface area contributed by atoms with E-state index in [4.69, 9.17) is 4.42 Å². The molecule has 0 unspecified atom stereocenters. The third kappa shape index (κ3) is 4.64. The molecule has 0 fully saturated rings. The van der Waals surface area contributed by atoms with Crippen molar-refractivity contribution in [2.24, 2.45) is 0 Å². The van der Waals surface area contributed by atoms with Crippen molar-refractivity contribution in [3.8, 4) is 44.5 Å². The molecule has 0 aliphatic rings. The van der Waals surface area contributed by atoms with Gasteiger partial charge in [0.2, 0.25) is 0 Å². The molecule has 0 N–H and O–H groups in total. The van der Waals surface area contributed by atoms with Gasteiger partial charge in [-0.25, -0.2) is 0 Å². The van der Waals surface area contributed by atoms with Gasteiger partial charge in [-0.2, -0.15) is 0 Å². The van der Waals surface area contributed by atoms with Gasteiger partial charge in [0.1, 0.15) is 11.2 Å². The Kier molecular flexibility index (Phi) is 6.62. The van der Waals surface area contributed by atoms with E-state index in [1.807, 2.05) is 0 Å². The Labute approximate surface area is 307 Å². The van der Waals surface area contributed by atoms with Crippen LogP contribution in [0.25, 0.3) is 110 Å². The van der Waals surface area contributed by atoms with Crippen LogP contribution in [-0.2, 0) is 0 Å². The van der Waals surface area contributed by atoms with Gasteiger partial charge in [0.05, 0.1) is 0 Å². The molecule has 0 atom stereocenters. The summed E-state index contributed by atoms with van der Waals surface area (Å²) in [6.45, 7) is 0. The van der Waals surface area contributed by atoms with Crippen LogP contribution in [0.1, 0.15) is 0 Å². The first-order chi connectivity index (χ1) is 26.3. The zero-order valence-corrected chi connectivity index (χ0v) is 28.9. The molecule has 1 nitrogen and oxygen atoms in total. The third-order valence-electron chi connectivity index (χ3n) is 11.0. The van der Waals surface area contributed by atoms with Crippen molar-refractivity contribution >= 4 is 65.0 Å². The number of furan rings is 1. The first-order valence-electron chi connectivity index (χ1n) is 18.3. The Morgan fingerprint density at radius 1 is 0.283 bits per heavy atom. The summed E-state index contributed by atoms with van der Waals surface area (Å²) in [5.41, 5.74) is 11.4. The zero-order chi connectivity index (χ0) is 34.9. The SMILES string of the molecule is c1ccc(-c2cc(-c3c4ccccc4c(-c4cccc(-c5cccc6ccccc56)c4)c4ccccc34)c3c(c2)oc2c4ccccc4ccc23)cc1. The molecule has 0 spiro atoms. The summed E-state index contributed by atoms with van der Waals surface area (Å²) < 4.78 is 6.89. The smallest absolute Gasteiger partial charge is 0.143 e. The van der Waals surface area contributed by atoms with Crippen LogP contribution in [0.4, 0.5) is 0 Å².